The monoisotopic (exact) mass is 339 g/mol. The molecule has 2 aromatic heterocycles. The second kappa shape index (κ2) is 6.16. The lowest BCUT2D eigenvalue weighted by atomic mass is 10.2. The lowest BCUT2D eigenvalue weighted by molar-refractivity contribution is 0.102. The van der Waals surface area contributed by atoms with Crippen molar-refractivity contribution in [2.45, 2.75) is 19.8 Å². The van der Waals surface area contributed by atoms with E-state index >= 15 is 0 Å². The van der Waals surface area contributed by atoms with Gasteiger partial charge < -0.3 is 4.90 Å². The molecule has 0 bridgehead atoms. The summed E-state index contributed by atoms with van der Waals surface area (Å²) in [6, 6.07) is 7.80. The lowest BCUT2D eigenvalue weighted by Gasteiger charge is -2.16. The molecule has 7 heteroatoms. The summed E-state index contributed by atoms with van der Waals surface area (Å²) in [5, 5.41) is 3.43. The molecule has 1 aliphatic rings. The predicted molar refractivity (Wildman–Crippen MR) is 95.8 cm³/mol. The Balaban J connectivity index is 1.55. The van der Waals surface area contributed by atoms with Crippen LogP contribution >= 0.6 is 11.3 Å². The number of thiazole rings is 1. The molecule has 122 valence electrons. The van der Waals surface area contributed by atoms with Crippen molar-refractivity contribution in [3.63, 3.8) is 0 Å². The largest absolute Gasteiger partial charge is 0.357 e. The van der Waals surface area contributed by atoms with E-state index in [0.717, 1.165) is 42.0 Å². The molecule has 1 aliphatic heterocycles. The Morgan fingerprint density at radius 1 is 1.21 bits per heavy atom. The average Bonchev–Trinajstić information content (AvgIpc) is 3.23. The zero-order valence-electron chi connectivity index (χ0n) is 13.3. The van der Waals surface area contributed by atoms with Crippen molar-refractivity contribution in [2.24, 2.45) is 0 Å². The first-order chi connectivity index (χ1) is 11.7. The molecule has 1 amide bonds. The van der Waals surface area contributed by atoms with Crippen molar-refractivity contribution in [3.8, 4) is 0 Å². The van der Waals surface area contributed by atoms with E-state index in [0.29, 0.717) is 10.8 Å². The molecule has 0 unspecified atom stereocenters. The SMILES string of the molecule is Cc1ccc2nc(NC(=O)c3cc(N4CCCC4)ncn3)sc2c1. The van der Waals surface area contributed by atoms with Gasteiger partial charge in [-0.15, -0.1) is 0 Å². The van der Waals surface area contributed by atoms with E-state index in [4.69, 9.17) is 0 Å². The maximum Gasteiger partial charge on any atom is 0.276 e. The highest BCUT2D eigenvalue weighted by Crippen LogP contribution is 2.27. The second-order valence-corrected chi connectivity index (χ2v) is 6.93. The third-order valence-corrected chi connectivity index (χ3v) is 5.01. The normalized spacial score (nSPS) is 14.3. The van der Waals surface area contributed by atoms with Crippen molar-refractivity contribution < 1.29 is 4.79 Å². The number of fused-ring (bicyclic) bond motifs is 1. The maximum absolute atomic E-state index is 12.5. The molecule has 1 aromatic carbocycles. The molecule has 1 saturated heterocycles. The van der Waals surface area contributed by atoms with Crippen LogP contribution in [0.3, 0.4) is 0 Å². The van der Waals surface area contributed by atoms with E-state index in [1.165, 1.54) is 23.2 Å². The zero-order valence-corrected chi connectivity index (χ0v) is 14.1. The smallest absolute Gasteiger partial charge is 0.276 e. The molecular weight excluding hydrogens is 322 g/mol. The zero-order chi connectivity index (χ0) is 16.5. The molecule has 1 N–H and O–H groups in total. The Bertz CT molecular complexity index is 901. The van der Waals surface area contributed by atoms with Gasteiger partial charge in [-0.2, -0.15) is 0 Å². The van der Waals surface area contributed by atoms with Crippen LogP contribution in [0.5, 0.6) is 0 Å². The third-order valence-electron chi connectivity index (χ3n) is 4.08. The number of anilines is 2. The second-order valence-electron chi connectivity index (χ2n) is 5.90. The molecule has 0 radical (unpaired) electrons. The van der Waals surface area contributed by atoms with E-state index in [9.17, 15) is 4.79 Å². The van der Waals surface area contributed by atoms with Gasteiger partial charge in [0, 0.05) is 19.2 Å². The van der Waals surface area contributed by atoms with E-state index in [2.05, 4.69) is 31.2 Å². The number of benzene rings is 1. The van der Waals surface area contributed by atoms with Crippen LogP contribution < -0.4 is 10.2 Å². The van der Waals surface area contributed by atoms with Crippen molar-refractivity contribution in [1.29, 1.82) is 0 Å². The van der Waals surface area contributed by atoms with E-state index in [-0.39, 0.29) is 5.91 Å². The highest BCUT2D eigenvalue weighted by molar-refractivity contribution is 7.22. The van der Waals surface area contributed by atoms with Crippen LogP contribution in [0, 0.1) is 6.92 Å². The lowest BCUT2D eigenvalue weighted by Crippen LogP contribution is -2.21. The first-order valence-electron chi connectivity index (χ1n) is 7.94. The number of nitrogens with one attached hydrogen (secondary N) is 1. The summed E-state index contributed by atoms with van der Waals surface area (Å²) in [7, 11) is 0. The summed E-state index contributed by atoms with van der Waals surface area (Å²) in [6.07, 6.45) is 3.78. The van der Waals surface area contributed by atoms with Crippen molar-refractivity contribution in [3.05, 3.63) is 41.9 Å². The molecule has 0 spiro atoms. The van der Waals surface area contributed by atoms with E-state index < -0.39 is 0 Å². The highest BCUT2D eigenvalue weighted by Gasteiger charge is 2.17. The van der Waals surface area contributed by atoms with Crippen molar-refractivity contribution in [2.75, 3.05) is 23.3 Å². The summed E-state index contributed by atoms with van der Waals surface area (Å²) in [5.41, 5.74) is 2.43. The van der Waals surface area contributed by atoms with Crippen LogP contribution in [0.1, 0.15) is 28.9 Å². The molecule has 1 fully saturated rings. The van der Waals surface area contributed by atoms with Crippen LogP contribution in [-0.4, -0.2) is 33.9 Å². The maximum atomic E-state index is 12.5. The van der Waals surface area contributed by atoms with Gasteiger partial charge in [0.1, 0.15) is 17.8 Å². The fourth-order valence-electron chi connectivity index (χ4n) is 2.84. The van der Waals surface area contributed by atoms with Crippen LogP contribution in [0.4, 0.5) is 10.9 Å². The quantitative estimate of drug-likeness (QED) is 0.793. The van der Waals surface area contributed by atoms with Gasteiger partial charge >= 0.3 is 0 Å². The van der Waals surface area contributed by atoms with Gasteiger partial charge in [-0.1, -0.05) is 17.4 Å². The van der Waals surface area contributed by atoms with Gasteiger partial charge in [0.25, 0.3) is 5.91 Å². The van der Waals surface area contributed by atoms with E-state index in [1.807, 2.05) is 19.1 Å². The molecule has 4 rings (SSSR count). The standard InChI is InChI=1S/C17H17N5OS/c1-11-4-5-12-14(8-11)24-17(20-12)21-16(23)13-9-15(19-10-18-13)22-6-2-3-7-22/h4-5,8-10H,2-3,6-7H2,1H3,(H,20,21,23). The molecule has 0 atom stereocenters. The fraction of sp³-hybridized carbons (Fsp3) is 0.294. The Hall–Kier alpha value is -2.54. The minimum Gasteiger partial charge on any atom is -0.357 e. The first-order valence-corrected chi connectivity index (χ1v) is 8.76. The van der Waals surface area contributed by atoms with Gasteiger partial charge in [0.05, 0.1) is 10.2 Å². The molecule has 3 aromatic rings. The predicted octanol–water partition coefficient (Wildman–Crippen LogP) is 3.25. The Morgan fingerprint density at radius 2 is 2.04 bits per heavy atom. The van der Waals surface area contributed by atoms with Crippen LogP contribution in [-0.2, 0) is 0 Å². The Kier molecular flexibility index (Phi) is 3.86. The van der Waals surface area contributed by atoms with Gasteiger partial charge in [0.15, 0.2) is 5.13 Å². The summed E-state index contributed by atoms with van der Waals surface area (Å²) < 4.78 is 1.06. The van der Waals surface area contributed by atoms with Gasteiger partial charge in [0.2, 0.25) is 0 Å². The van der Waals surface area contributed by atoms with Gasteiger partial charge in [-0.3, -0.25) is 10.1 Å². The topological polar surface area (TPSA) is 71.0 Å². The van der Waals surface area contributed by atoms with Gasteiger partial charge in [-0.05, 0) is 37.5 Å². The number of amides is 1. The average molecular weight is 339 g/mol. The summed E-state index contributed by atoms with van der Waals surface area (Å²) in [5.74, 6) is 0.557. The summed E-state index contributed by atoms with van der Waals surface area (Å²) >= 11 is 1.47. The molecule has 0 saturated carbocycles. The number of carbonyl (C=O) groups is 1. The number of hydrogen-bond donors (Lipinski definition) is 1. The number of carbonyl (C=O) groups excluding carboxylic acids is 1. The summed E-state index contributed by atoms with van der Waals surface area (Å²) in [6.45, 7) is 4.00. The van der Waals surface area contributed by atoms with Crippen molar-refractivity contribution in [1.82, 2.24) is 15.0 Å². The van der Waals surface area contributed by atoms with Crippen molar-refractivity contribution >= 4 is 38.4 Å². The Labute approximate surface area is 143 Å². The molecule has 3 heterocycles. The number of aryl methyl sites for hydroxylation is 1. The van der Waals surface area contributed by atoms with Crippen LogP contribution in [0.25, 0.3) is 10.2 Å². The third kappa shape index (κ3) is 2.94. The fourth-order valence-corrected chi connectivity index (χ4v) is 3.80. The number of nitrogens with zero attached hydrogens (tertiary/aromatic N) is 4. The molecule has 0 aliphatic carbocycles. The summed E-state index contributed by atoms with van der Waals surface area (Å²) in [4.78, 5) is 27.5. The first kappa shape index (κ1) is 15.0. The Morgan fingerprint density at radius 3 is 2.88 bits per heavy atom. The number of aromatic nitrogens is 3. The van der Waals surface area contributed by atoms with Crippen LogP contribution in [0.2, 0.25) is 0 Å². The van der Waals surface area contributed by atoms with Gasteiger partial charge in [-0.25, -0.2) is 15.0 Å². The van der Waals surface area contributed by atoms with Crippen LogP contribution in [0.15, 0.2) is 30.6 Å². The minimum absolute atomic E-state index is 0.256. The molecule has 24 heavy (non-hydrogen) atoms. The van der Waals surface area contributed by atoms with E-state index in [1.54, 1.807) is 6.07 Å². The number of rotatable bonds is 3. The minimum atomic E-state index is -0.256. The number of hydrogen-bond acceptors (Lipinski definition) is 6. The molecular formula is C17H17N5OS. The molecule has 6 nitrogen and oxygen atoms in total. The highest BCUT2D eigenvalue weighted by atomic mass is 32.1.